The maximum absolute atomic E-state index is 12.3. The quantitative estimate of drug-likeness (QED) is 0.562. The van der Waals surface area contributed by atoms with Gasteiger partial charge in [-0.15, -0.1) is 22.7 Å². The molecule has 0 aliphatic heterocycles. The first kappa shape index (κ1) is 15.7. The Bertz CT molecular complexity index is 1210. The molecule has 0 saturated heterocycles. The zero-order chi connectivity index (χ0) is 17.6. The van der Waals surface area contributed by atoms with Crippen molar-refractivity contribution in [2.45, 2.75) is 6.92 Å². The second-order valence-corrected chi connectivity index (χ2v) is 7.42. The van der Waals surface area contributed by atoms with Crippen LogP contribution in [0.1, 0.15) is 26.6 Å². The van der Waals surface area contributed by atoms with E-state index >= 15 is 0 Å². The van der Waals surface area contributed by atoms with Crippen LogP contribution in [0.3, 0.4) is 0 Å². The van der Waals surface area contributed by atoms with Crippen molar-refractivity contribution in [3.63, 3.8) is 0 Å². The van der Waals surface area contributed by atoms with Crippen LogP contribution in [-0.2, 0) is 0 Å². The van der Waals surface area contributed by atoms with E-state index in [1.807, 2.05) is 24.3 Å². The number of nitrogens with zero attached hydrogens (tertiary/aromatic N) is 1. The topological polar surface area (TPSA) is 83.0 Å². The highest BCUT2D eigenvalue weighted by Crippen LogP contribution is 2.28. The van der Waals surface area contributed by atoms with E-state index in [-0.39, 0.29) is 10.4 Å². The minimum Gasteiger partial charge on any atom is -0.477 e. The lowest BCUT2D eigenvalue weighted by molar-refractivity contribution is 0.0701. The maximum Gasteiger partial charge on any atom is 0.346 e. The first-order chi connectivity index (χ1) is 12.0. The minimum absolute atomic E-state index is 0.151. The molecule has 0 bridgehead atoms. The number of benzene rings is 1. The summed E-state index contributed by atoms with van der Waals surface area (Å²) in [6.07, 6.45) is 3.65. The van der Waals surface area contributed by atoms with Gasteiger partial charge in [0.15, 0.2) is 0 Å². The largest absolute Gasteiger partial charge is 0.477 e. The Hall–Kier alpha value is -2.77. The summed E-state index contributed by atoms with van der Waals surface area (Å²) in [5.74, 6) is -0.632. The van der Waals surface area contributed by atoms with E-state index in [2.05, 4.69) is 21.4 Å². The van der Waals surface area contributed by atoms with Gasteiger partial charge in [0.1, 0.15) is 15.5 Å². The predicted octanol–water partition coefficient (Wildman–Crippen LogP) is 4.38. The molecule has 0 saturated carbocycles. The monoisotopic (exact) mass is 368 g/mol. The van der Waals surface area contributed by atoms with Crippen molar-refractivity contribution in [2.24, 2.45) is 0 Å². The molecule has 0 unspecified atom stereocenters. The number of aryl methyl sites for hydroxylation is 1. The number of hydrogen-bond acceptors (Lipinski definition) is 5. The number of aromatic nitrogens is 2. The Labute approximate surface area is 149 Å². The molecular weight excluding hydrogens is 356 g/mol. The molecule has 3 heterocycles. The summed E-state index contributed by atoms with van der Waals surface area (Å²) in [4.78, 5) is 31.3. The third-order valence-corrected chi connectivity index (χ3v) is 6.10. The van der Waals surface area contributed by atoms with Gasteiger partial charge in [-0.1, -0.05) is 18.2 Å². The number of thiophene rings is 2. The Morgan fingerprint density at radius 3 is 2.88 bits per heavy atom. The van der Waals surface area contributed by atoms with Gasteiger partial charge in [0.05, 0.1) is 5.39 Å². The lowest BCUT2D eigenvalue weighted by atomic mass is 10.1. The van der Waals surface area contributed by atoms with Crippen molar-refractivity contribution in [2.75, 3.05) is 0 Å². The van der Waals surface area contributed by atoms with Gasteiger partial charge in [-0.25, -0.2) is 9.78 Å². The van der Waals surface area contributed by atoms with Gasteiger partial charge in [0.25, 0.3) is 5.56 Å². The second-order valence-electron chi connectivity index (χ2n) is 5.51. The molecule has 7 heteroatoms. The van der Waals surface area contributed by atoms with E-state index in [9.17, 15) is 14.7 Å². The number of carboxylic acid groups (broad SMARTS) is 1. The van der Waals surface area contributed by atoms with E-state index in [1.54, 1.807) is 24.3 Å². The Morgan fingerprint density at radius 1 is 1.28 bits per heavy atom. The fourth-order valence-electron chi connectivity index (χ4n) is 2.74. The molecule has 1 aromatic carbocycles. The fourth-order valence-corrected chi connectivity index (χ4v) is 4.70. The molecule has 124 valence electrons. The van der Waals surface area contributed by atoms with Crippen LogP contribution in [0, 0.1) is 6.92 Å². The molecule has 0 atom stereocenters. The summed E-state index contributed by atoms with van der Waals surface area (Å²) in [7, 11) is 0. The van der Waals surface area contributed by atoms with Crippen LogP contribution in [0.5, 0.6) is 0 Å². The van der Waals surface area contributed by atoms with Gasteiger partial charge < -0.3 is 10.1 Å². The molecule has 0 fully saturated rings. The van der Waals surface area contributed by atoms with Gasteiger partial charge in [0.2, 0.25) is 0 Å². The molecular formula is C18H12N2O3S2. The molecule has 0 radical (unpaired) electrons. The average molecular weight is 368 g/mol. The molecule has 5 nitrogen and oxygen atoms in total. The molecule has 4 aromatic rings. The molecule has 0 amide bonds. The van der Waals surface area contributed by atoms with E-state index in [0.717, 1.165) is 22.3 Å². The third-order valence-electron chi connectivity index (χ3n) is 3.94. The van der Waals surface area contributed by atoms with Gasteiger partial charge in [-0.05, 0) is 47.0 Å². The van der Waals surface area contributed by atoms with Crippen LogP contribution < -0.4 is 5.56 Å². The molecule has 4 rings (SSSR count). The van der Waals surface area contributed by atoms with Gasteiger partial charge in [0, 0.05) is 4.70 Å². The number of hydrogen-bond donors (Lipinski definition) is 2. The normalized spacial score (nSPS) is 11.7. The number of nitrogens with one attached hydrogen (secondary N) is 1. The fraction of sp³-hybridized carbons (Fsp3) is 0.0556. The van der Waals surface area contributed by atoms with Crippen LogP contribution in [0.25, 0.3) is 32.5 Å². The average Bonchev–Trinajstić information content (AvgIpc) is 3.14. The predicted molar refractivity (Wildman–Crippen MR) is 103 cm³/mol. The molecule has 3 aromatic heterocycles. The number of aromatic amines is 1. The number of aromatic carboxylic acids is 1. The van der Waals surface area contributed by atoms with Gasteiger partial charge in [-0.2, -0.15) is 0 Å². The van der Waals surface area contributed by atoms with Crippen molar-refractivity contribution in [1.29, 1.82) is 0 Å². The van der Waals surface area contributed by atoms with E-state index < -0.39 is 5.97 Å². The lowest BCUT2D eigenvalue weighted by Crippen LogP contribution is -2.09. The lowest BCUT2D eigenvalue weighted by Gasteiger charge is -1.95. The first-order valence-electron chi connectivity index (χ1n) is 7.45. The van der Waals surface area contributed by atoms with Crippen molar-refractivity contribution < 1.29 is 9.90 Å². The number of carboxylic acids is 1. The molecule has 25 heavy (non-hydrogen) atoms. The van der Waals surface area contributed by atoms with Gasteiger partial charge >= 0.3 is 5.97 Å². The number of H-pyrrole nitrogens is 1. The second kappa shape index (κ2) is 5.94. The highest BCUT2D eigenvalue weighted by Gasteiger charge is 2.18. The molecule has 0 aliphatic carbocycles. The van der Waals surface area contributed by atoms with Crippen LogP contribution in [-0.4, -0.2) is 21.0 Å². The van der Waals surface area contributed by atoms with Crippen molar-refractivity contribution in [3.05, 3.63) is 61.8 Å². The third kappa shape index (κ3) is 2.67. The summed E-state index contributed by atoms with van der Waals surface area (Å²) in [6.45, 7) is 1.63. The highest BCUT2D eigenvalue weighted by molar-refractivity contribution is 7.20. The van der Waals surface area contributed by atoms with Crippen LogP contribution in [0.4, 0.5) is 0 Å². The summed E-state index contributed by atoms with van der Waals surface area (Å²) in [6, 6.07) is 8.09. The Kier molecular flexibility index (Phi) is 3.74. The van der Waals surface area contributed by atoms with Crippen LogP contribution in [0.2, 0.25) is 0 Å². The Balaban J connectivity index is 1.79. The minimum atomic E-state index is -1.04. The van der Waals surface area contributed by atoms with E-state index in [4.69, 9.17) is 0 Å². The van der Waals surface area contributed by atoms with Crippen LogP contribution >= 0.6 is 22.7 Å². The zero-order valence-electron chi connectivity index (χ0n) is 13.1. The van der Waals surface area contributed by atoms with E-state index in [1.165, 1.54) is 4.70 Å². The van der Waals surface area contributed by atoms with E-state index in [0.29, 0.717) is 21.6 Å². The highest BCUT2D eigenvalue weighted by atomic mass is 32.1. The summed E-state index contributed by atoms with van der Waals surface area (Å²) >= 11 is 2.68. The van der Waals surface area contributed by atoms with Crippen molar-refractivity contribution in [1.82, 2.24) is 9.97 Å². The number of fused-ring (bicyclic) bond motifs is 2. The number of rotatable bonds is 3. The summed E-state index contributed by atoms with van der Waals surface area (Å²) in [5, 5.41) is 12.8. The SMILES string of the molecule is Cc1c(C(=O)O)sc2nc(C=Cc3csc4ccccc34)[nH]c(=O)c12. The summed E-state index contributed by atoms with van der Waals surface area (Å²) in [5.41, 5.74) is 1.19. The van der Waals surface area contributed by atoms with Gasteiger partial charge in [-0.3, -0.25) is 4.79 Å². The molecule has 0 spiro atoms. The van der Waals surface area contributed by atoms with Crippen LogP contribution in [0.15, 0.2) is 34.4 Å². The molecule has 2 N–H and O–H groups in total. The maximum atomic E-state index is 12.3. The smallest absolute Gasteiger partial charge is 0.346 e. The zero-order valence-corrected chi connectivity index (χ0v) is 14.7. The van der Waals surface area contributed by atoms with Crippen molar-refractivity contribution >= 4 is 61.1 Å². The summed E-state index contributed by atoms with van der Waals surface area (Å²) < 4.78 is 1.19. The first-order valence-corrected chi connectivity index (χ1v) is 9.15. The van der Waals surface area contributed by atoms with Crippen molar-refractivity contribution in [3.8, 4) is 0 Å². The standard InChI is InChI=1S/C18H12N2O3S2/c1-9-14-16(21)19-13(20-17(14)25-15(9)18(22)23)7-6-10-8-24-12-5-3-2-4-11(10)12/h2-8H,1H3,(H,22,23)(H,19,20,21). The Morgan fingerprint density at radius 2 is 2.08 bits per heavy atom. The molecule has 0 aliphatic rings. The number of carbonyl (C=O) groups is 1.